The number of nitrogens with zero attached hydrogens (tertiary/aromatic N) is 7. The Labute approximate surface area is 266 Å². The minimum Gasteiger partial charge on any atom is -0.378 e. The van der Waals surface area contributed by atoms with Crippen LogP contribution in [0.3, 0.4) is 0 Å². The largest absolute Gasteiger partial charge is 0.378 e. The van der Waals surface area contributed by atoms with Gasteiger partial charge in [0, 0.05) is 56.9 Å². The second-order valence-electron chi connectivity index (χ2n) is 11.7. The average molecular weight is 618 g/mol. The molecule has 1 saturated heterocycles. The highest BCUT2D eigenvalue weighted by Crippen LogP contribution is 2.34. The lowest BCUT2D eigenvalue weighted by Gasteiger charge is -2.34. The number of anilines is 3. The minimum absolute atomic E-state index is 0.0736. The van der Waals surface area contributed by atoms with E-state index in [9.17, 15) is 9.59 Å². The van der Waals surface area contributed by atoms with Gasteiger partial charge in [-0.05, 0) is 60.2 Å². The Bertz CT molecular complexity index is 1920. The summed E-state index contributed by atoms with van der Waals surface area (Å²) in [5.41, 5.74) is 12.9. The molecule has 2 aromatic carbocycles. The number of nitrogens with one attached hydrogen (secondary N) is 1. The summed E-state index contributed by atoms with van der Waals surface area (Å²) in [6.45, 7) is 6.63. The van der Waals surface area contributed by atoms with Gasteiger partial charge in [0.1, 0.15) is 5.52 Å². The first-order chi connectivity index (χ1) is 22.3. The van der Waals surface area contributed by atoms with E-state index in [1.807, 2.05) is 23.1 Å². The molecule has 0 aliphatic carbocycles. The summed E-state index contributed by atoms with van der Waals surface area (Å²) < 4.78 is 7.23. The number of fused-ring (bicyclic) bond motifs is 2. The standard InChI is InChI=1S/C34H35N9O3/c1-21-3-6-26-15-25(9-10-29(26)43(21)22(2)44)24-7-4-23(5-8-24)17-36-33(45)27-16-30-32(41-11-13-46-14-12-41)39-31(40-42(30)20-27)28-18-37-34(35)38-19-28/h4-5,7-10,15-16,18-21H,3,6,11-14,17H2,1-2H3,(H,36,45)(H2,35,37,38)/t21-/m0/s1. The van der Waals surface area contributed by atoms with E-state index in [0.717, 1.165) is 40.7 Å². The fourth-order valence-electron chi connectivity index (χ4n) is 6.20. The maximum absolute atomic E-state index is 13.3. The molecule has 12 heteroatoms. The van der Waals surface area contributed by atoms with Crippen LogP contribution in [-0.4, -0.2) is 68.7 Å². The number of aryl methyl sites for hydroxylation is 1. The van der Waals surface area contributed by atoms with Crippen molar-refractivity contribution in [2.75, 3.05) is 41.8 Å². The van der Waals surface area contributed by atoms with E-state index in [1.165, 1.54) is 5.56 Å². The monoisotopic (exact) mass is 617 g/mol. The van der Waals surface area contributed by atoms with Crippen LogP contribution in [0.15, 0.2) is 67.1 Å². The number of carbonyl (C=O) groups excluding carboxylic acids is 2. The number of aromatic nitrogens is 5. The molecule has 5 aromatic rings. The third-order valence-electron chi connectivity index (χ3n) is 8.64. The van der Waals surface area contributed by atoms with Gasteiger partial charge < -0.3 is 25.6 Å². The first kappa shape index (κ1) is 29.4. The Kier molecular flexibility index (Phi) is 7.79. The summed E-state index contributed by atoms with van der Waals surface area (Å²) in [7, 11) is 0. The van der Waals surface area contributed by atoms with Gasteiger partial charge in [-0.1, -0.05) is 30.3 Å². The number of morpholine rings is 1. The molecule has 0 saturated carbocycles. The van der Waals surface area contributed by atoms with Crippen LogP contribution in [0.1, 0.15) is 41.8 Å². The SMILES string of the molecule is CC(=O)N1c2ccc(-c3ccc(CNC(=O)c4cc5c(N6CCOCC6)nc(-c6cnc(N)nc6)nn5c4)cc3)cc2CC[C@@H]1C. The van der Waals surface area contributed by atoms with Gasteiger partial charge in [0.15, 0.2) is 11.6 Å². The Morgan fingerprint density at radius 3 is 2.48 bits per heavy atom. The molecule has 2 aliphatic rings. The van der Waals surface area contributed by atoms with Crippen molar-refractivity contribution in [1.82, 2.24) is 29.9 Å². The molecule has 2 amide bonds. The fourth-order valence-corrected chi connectivity index (χ4v) is 6.20. The quantitative estimate of drug-likeness (QED) is 0.290. The zero-order valence-corrected chi connectivity index (χ0v) is 25.8. The molecule has 234 valence electrons. The lowest BCUT2D eigenvalue weighted by atomic mass is 9.93. The summed E-state index contributed by atoms with van der Waals surface area (Å²) in [4.78, 5) is 42.6. The van der Waals surface area contributed by atoms with Gasteiger partial charge in [-0.3, -0.25) is 9.59 Å². The van der Waals surface area contributed by atoms with Gasteiger partial charge in [0.2, 0.25) is 11.9 Å². The number of carbonyl (C=O) groups is 2. The molecule has 5 heterocycles. The van der Waals surface area contributed by atoms with Crippen LogP contribution in [0.4, 0.5) is 17.5 Å². The number of benzene rings is 2. The van der Waals surface area contributed by atoms with Crippen molar-refractivity contribution < 1.29 is 14.3 Å². The van der Waals surface area contributed by atoms with E-state index in [1.54, 1.807) is 30.0 Å². The Balaban J connectivity index is 1.08. The molecular weight excluding hydrogens is 582 g/mol. The Morgan fingerprint density at radius 1 is 1.00 bits per heavy atom. The molecule has 46 heavy (non-hydrogen) atoms. The summed E-state index contributed by atoms with van der Waals surface area (Å²) in [6.07, 6.45) is 6.78. The predicted molar refractivity (Wildman–Crippen MR) is 175 cm³/mol. The third kappa shape index (κ3) is 5.74. The number of hydrogen-bond donors (Lipinski definition) is 2. The average Bonchev–Trinajstić information content (AvgIpc) is 3.52. The smallest absolute Gasteiger partial charge is 0.253 e. The number of nitrogen functional groups attached to an aromatic ring is 1. The molecule has 0 unspecified atom stereocenters. The summed E-state index contributed by atoms with van der Waals surface area (Å²) >= 11 is 0. The Morgan fingerprint density at radius 2 is 1.74 bits per heavy atom. The third-order valence-corrected chi connectivity index (χ3v) is 8.64. The lowest BCUT2D eigenvalue weighted by molar-refractivity contribution is -0.117. The highest BCUT2D eigenvalue weighted by Gasteiger charge is 2.26. The zero-order chi connectivity index (χ0) is 31.8. The van der Waals surface area contributed by atoms with Crippen molar-refractivity contribution in [1.29, 1.82) is 0 Å². The van der Waals surface area contributed by atoms with Crippen molar-refractivity contribution in [2.45, 2.75) is 39.3 Å². The second kappa shape index (κ2) is 12.2. The van der Waals surface area contributed by atoms with Gasteiger partial charge in [-0.25, -0.2) is 19.5 Å². The van der Waals surface area contributed by atoms with Crippen molar-refractivity contribution in [3.05, 3.63) is 83.8 Å². The topological polar surface area (TPSA) is 144 Å². The number of amides is 2. The molecule has 0 spiro atoms. The summed E-state index contributed by atoms with van der Waals surface area (Å²) in [6, 6.07) is 16.5. The van der Waals surface area contributed by atoms with E-state index >= 15 is 0 Å². The van der Waals surface area contributed by atoms with Crippen LogP contribution in [0.2, 0.25) is 0 Å². The molecule has 2 aliphatic heterocycles. The molecule has 0 radical (unpaired) electrons. The van der Waals surface area contributed by atoms with E-state index in [-0.39, 0.29) is 23.8 Å². The lowest BCUT2D eigenvalue weighted by Crippen LogP contribution is -2.40. The number of ether oxygens (including phenoxy) is 1. The molecule has 1 atom stereocenters. The maximum Gasteiger partial charge on any atom is 0.253 e. The number of nitrogens with two attached hydrogens (primary N) is 1. The zero-order valence-electron chi connectivity index (χ0n) is 25.8. The van der Waals surface area contributed by atoms with Crippen molar-refractivity contribution >= 4 is 34.8 Å². The van der Waals surface area contributed by atoms with Gasteiger partial charge in [0.25, 0.3) is 5.91 Å². The van der Waals surface area contributed by atoms with E-state index in [0.29, 0.717) is 55.6 Å². The van der Waals surface area contributed by atoms with Gasteiger partial charge in [-0.15, -0.1) is 5.10 Å². The van der Waals surface area contributed by atoms with Crippen LogP contribution in [0, 0.1) is 0 Å². The molecule has 1 fully saturated rings. The molecule has 0 bridgehead atoms. The fraction of sp³-hybridized carbons (Fsp3) is 0.294. The van der Waals surface area contributed by atoms with Crippen LogP contribution in [0.5, 0.6) is 0 Å². The normalized spacial score (nSPS) is 16.3. The molecule has 3 aromatic heterocycles. The van der Waals surface area contributed by atoms with Crippen LogP contribution in [0.25, 0.3) is 28.0 Å². The maximum atomic E-state index is 13.3. The van der Waals surface area contributed by atoms with Crippen LogP contribution >= 0.6 is 0 Å². The highest BCUT2D eigenvalue weighted by atomic mass is 16.5. The number of hydrogen-bond acceptors (Lipinski definition) is 9. The van der Waals surface area contributed by atoms with Gasteiger partial charge in [-0.2, -0.15) is 0 Å². The highest BCUT2D eigenvalue weighted by molar-refractivity contribution is 5.96. The first-order valence-corrected chi connectivity index (χ1v) is 15.5. The Hall–Kier alpha value is -5.36. The van der Waals surface area contributed by atoms with Crippen LogP contribution in [-0.2, 0) is 22.5 Å². The van der Waals surface area contributed by atoms with Crippen molar-refractivity contribution in [3.8, 4) is 22.5 Å². The van der Waals surface area contributed by atoms with Crippen molar-refractivity contribution in [3.63, 3.8) is 0 Å². The van der Waals surface area contributed by atoms with Gasteiger partial charge >= 0.3 is 0 Å². The summed E-state index contributed by atoms with van der Waals surface area (Å²) in [5.74, 6) is 1.18. The predicted octanol–water partition coefficient (Wildman–Crippen LogP) is 3.89. The first-order valence-electron chi connectivity index (χ1n) is 15.5. The van der Waals surface area contributed by atoms with Crippen LogP contribution < -0.4 is 20.9 Å². The minimum atomic E-state index is -0.209. The van der Waals surface area contributed by atoms with Gasteiger partial charge in [0.05, 0.1) is 24.3 Å². The summed E-state index contributed by atoms with van der Waals surface area (Å²) in [5, 5.41) is 7.70. The van der Waals surface area contributed by atoms with Crippen molar-refractivity contribution in [2.24, 2.45) is 0 Å². The van der Waals surface area contributed by atoms with E-state index in [4.69, 9.17) is 15.5 Å². The van der Waals surface area contributed by atoms with E-state index < -0.39 is 0 Å². The molecular formula is C34H35N9O3. The van der Waals surface area contributed by atoms with E-state index in [2.05, 4.69) is 62.5 Å². The number of rotatable bonds is 6. The second-order valence-corrected chi connectivity index (χ2v) is 11.7. The molecule has 7 rings (SSSR count). The molecule has 3 N–H and O–H groups in total. The molecule has 12 nitrogen and oxygen atoms in total.